The second-order valence-corrected chi connectivity index (χ2v) is 8.31. The number of thiocarbonyl (C=S) groups is 1. The van der Waals surface area contributed by atoms with E-state index in [1.807, 2.05) is 24.4 Å². The van der Waals surface area contributed by atoms with Gasteiger partial charge in [0.2, 0.25) is 0 Å². The Bertz CT molecular complexity index is 1060. The number of amides is 2. The van der Waals surface area contributed by atoms with Crippen LogP contribution in [-0.2, 0) is 16.1 Å². The number of nitrogens with one attached hydrogen (secondary N) is 1. The van der Waals surface area contributed by atoms with Gasteiger partial charge in [-0.15, -0.1) is 0 Å². The van der Waals surface area contributed by atoms with Crippen molar-refractivity contribution in [1.82, 2.24) is 14.8 Å². The lowest BCUT2D eigenvalue weighted by Crippen LogP contribution is -2.54. The first-order chi connectivity index (χ1) is 14.6. The van der Waals surface area contributed by atoms with Crippen molar-refractivity contribution in [2.24, 2.45) is 0 Å². The highest BCUT2D eigenvalue weighted by Crippen LogP contribution is 2.26. The Morgan fingerprint density at radius 3 is 2.77 bits per heavy atom. The smallest absolute Gasteiger partial charge is 0.265 e. The van der Waals surface area contributed by atoms with Crippen LogP contribution in [0.15, 0.2) is 47.7 Å². The minimum absolute atomic E-state index is 0.139. The van der Waals surface area contributed by atoms with Crippen molar-refractivity contribution >= 4 is 46.1 Å². The maximum Gasteiger partial charge on any atom is 0.265 e. The molecule has 1 aliphatic carbocycles. The SMILES string of the molecule is CCCn1cc(C=C2C(=O)NC(=S)N(CCC3=CCCCC3)C2=O)c2ccccc21. The molecule has 4 rings (SSSR count). The quantitative estimate of drug-likeness (QED) is 0.322. The highest BCUT2D eigenvalue weighted by atomic mass is 32.1. The number of carbonyl (C=O) groups is 2. The lowest BCUT2D eigenvalue weighted by molar-refractivity contribution is -0.128. The van der Waals surface area contributed by atoms with Crippen LogP contribution >= 0.6 is 12.2 Å². The maximum absolute atomic E-state index is 13.2. The summed E-state index contributed by atoms with van der Waals surface area (Å²) in [5.74, 6) is -0.738. The molecule has 1 fully saturated rings. The number of allylic oxidation sites excluding steroid dienone is 1. The molecule has 6 heteroatoms. The van der Waals surface area contributed by atoms with E-state index in [2.05, 4.69) is 29.0 Å². The summed E-state index contributed by atoms with van der Waals surface area (Å²) in [7, 11) is 0. The molecule has 1 aromatic carbocycles. The van der Waals surface area contributed by atoms with Crippen molar-refractivity contribution < 1.29 is 9.59 Å². The van der Waals surface area contributed by atoms with E-state index in [0.29, 0.717) is 6.54 Å². The third-order valence-electron chi connectivity index (χ3n) is 5.81. The molecular formula is C24H27N3O2S. The summed E-state index contributed by atoms with van der Waals surface area (Å²) in [5.41, 5.74) is 3.49. The maximum atomic E-state index is 13.2. The van der Waals surface area contributed by atoms with Gasteiger partial charge in [-0.2, -0.15) is 0 Å². The Labute approximate surface area is 182 Å². The molecule has 2 aromatic rings. The van der Waals surface area contributed by atoms with Gasteiger partial charge in [0.1, 0.15) is 5.57 Å². The zero-order chi connectivity index (χ0) is 21.1. The number of hydrogen-bond acceptors (Lipinski definition) is 3. The minimum Gasteiger partial charge on any atom is -0.347 e. The van der Waals surface area contributed by atoms with Crippen molar-refractivity contribution in [3.8, 4) is 0 Å². The number of aromatic nitrogens is 1. The molecule has 0 unspecified atom stereocenters. The Hall–Kier alpha value is -2.73. The molecule has 156 valence electrons. The molecule has 2 aliphatic rings. The second kappa shape index (κ2) is 8.96. The summed E-state index contributed by atoms with van der Waals surface area (Å²) in [5, 5.41) is 3.94. The van der Waals surface area contributed by atoms with E-state index in [9.17, 15) is 9.59 Å². The van der Waals surface area contributed by atoms with Crippen molar-refractivity contribution in [3.05, 3.63) is 53.2 Å². The first-order valence-corrected chi connectivity index (χ1v) is 11.1. The number of nitrogens with zero attached hydrogens (tertiary/aromatic N) is 2. The minimum atomic E-state index is -0.426. The van der Waals surface area contributed by atoms with Gasteiger partial charge in [0.15, 0.2) is 5.11 Å². The van der Waals surface area contributed by atoms with Gasteiger partial charge >= 0.3 is 0 Å². The van der Waals surface area contributed by atoms with Crippen LogP contribution in [0.4, 0.5) is 0 Å². The molecule has 30 heavy (non-hydrogen) atoms. The number of aryl methyl sites for hydroxylation is 1. The Morgan fingerprint density at radius 1 is 1.17 bits per heavy atom. The van der Waals surface area contributed by atoms with Gasteiger partial charge in [-0.25, -0.2) is 0 Å². The standard InChI is InChI=1S/C24H27N3O2S/c1-2-13-26-16-18(19-10-6-7-11-21(19)26)15-20-22(28)25-24(30)27(23(20)29)14-12-17-8-4-3-5-9-17/h6-8,10-11,15-16H,2-5,9,12-14H2,1H3,(H,25,28,30). The predicted molar refractivity (Wildman–Crippen MR) is 124 cm³/mol. The van der Waals surface area contributed by atoms with E-state index in [4.69, 9.17) is 12.2 Å². The van der Waals surface area contributed by atoms with Crippen LogP contribution < -0.4 is 5.32 Å². The Kier molecular flexibility index (Phi) is 6.13. The number of hydrogen-bond donors (Lipinski definition) is 1. The molecule has 1 saturated heterocycles. The fraction of sp³-hybridized carbons (Fsp3) is 0.375. The van der Waals surface area contributed by atoms with Gasteiger partial charge in [0.05, 0.1) is 0 Å². The fourth-order valence-corrected chi connectivity index (χ4v) is 4.52. The molecule has 2 heterocycles. The van der Waals surface area contributed by atoms with Crippen LogP contribution in [-0.4, -0.2) is 32.9 Å². The topological polar surface area (TPSA) is 54.3 Å². The summed E-state index contributed by atoms with van der Waals surface area (Å²) in [6.45, 7) is 3.51. The Balaban J connectivity index is 1.62. The largest absolute Gasteiger partial charge is 0.347 e. The number of rotatable bonds is 6. The van der Waals surface area contributed by atoms with E-state index in [1.54, 1.807) is 6.08 Å². The zero-order valence-electron chi connectivity index (χ0n) is 17.3. The van der Waals surface area contributed by atoms with Crippen molar-refractivity contribution in [2.75, 3.05) is 6.54 Å². The molecule has 0 atom stereocenters. The van der Waals surface area contributed by atoms with Crippen molar-refractivity contribution in [1.29, 1.82) is 0 Å². The van der Waals surface area contributed by atoms with Gasteiger partial charge in [0.25, 0.3) is 11.8 Å². The molecule has 1 N–H and O–H groups in total. The molecule has 0 saturated carbocycles. The average molecular weight is 422 g/mol. The van der Waals surface area contributed by atoms with Crippen LogP contribution in [0.5, 0.6) is 0 Å². The number of fused-ring (bicyclic) bond motifs is 1. The van der Waals surface area contributed by atoms with Crippen LogP contribution in [0.1, 0.15) is 51.0 Å². The van der Waals surface area contributed by atoms with Crippen LogP contribution in [0.3, 0.4) is 0 Å². The van der Waals surface area contributed by atoms with Crippen LogP contribution in [0.2, 0.25) is 0 Å². The Morgan fingerprint density at radius 2 is 2.00 bits per heavy atom. The molecule has 1 aromatic heterocycles. The second-order valence-electron chi connectivity index (χ2n) is 7.93. The first-order valence-electron chi connectivity index (χ1n) is 10.7. The summed E-state index contributed by atoms with van der Waals surface area (Å²) < 4.78 is 2.17. The van der Waals surface area contributed by atoms with Gasteiger partial charge in [-0.1, -0.05) is 36.8 Å². The highest BCUT2D eigenvalue weighted by Gasteiger charge is 2.33. The normalized spacial score (nSPS) is 18.8. The van der Waals surface area contributed by atoms with Gasteiger partial charge in [0, 0.05) is 35.8 Å². The molecule has 0 spiro atoms. The summed E-state index contributed by atoms with van der Waals surface area (Å²) >= 11 is 5.30. The van der Waals surface area contributed by atoms with Crippen LogP contribution in [0, 0.1) is 0 Å². The van der Waals surface area contributed by atoms with E-state index in [-0.39, 0.29) is 16.6 Å². The van der Waals surface area contributed by atoms with Crippen molar-refractivity contribution in [3.63, 3.8) is 0 Å². The van der Waals surface area contributed by atoms with E-state index >= 15 is 0 Å². The van der Waals surface area contributed by atoms with Gasteiger partial charge in [-0.3, -0.25) is 19.8 Å². The average Bonchev–Trinajstić information content (AvgIpc) is 3.09. The highest BCUT2D eigenvalue weighted by molar-refractivity contribution is 7.80. The molecule has 1 aliphatic heterocycles. The summed E-state index contributed by atoms with van der Waals surface area (Å²) in [6.07, 6.45) is 12.4. The van der Waals surface area contributed by atoms with Crippen molar-refractivity contribution in [2.45, 2.75) is 52.0 Å². The van der Waals surface area contributed by atoms with Gasteiger partial charge in [-0.05, 0) is 62.9 Å². The fourth-order valence-electron chi connectivity index (χ4n) is 4.26. The number of benzene rings is 1. The van der Waals surface area contributed by atoms with E-state index in [0.717, 1.165) is 48.7 Å². The first kappa shape index (κ1) is 20.5. The number of carbonyl (C=O) groups excluding carboxylic acids is 2. The lowest BCUT2D eigenvalue weighted by Gasteiger charge is -2.29. The molecule has 2 amide bonds. The van der Waals surface area contributed by atoms with E-state index < -0.39 is 5.91 Å². The third kappa shape index (κ3) is 4.10. The monoisotopic (exact) mass is 421 g/mol. The summed E-state index contributed by atoms with van der Waals surface area (Å²) in [6, 6.07) is 8.07. The molecule has 0 radical (unpaired) electrons. The predicted octanol–water partition coefficient (Wildman–Crippen LogP) is 4.57. The zero-order valence-corrected chi connectivity index (χ0v) is 18.1. The van der Waals surface area contributed by atoms with Gasteiger partial charge < -0.3 is 4.57 Å². The number of para-hydroxylation sites is 1. The van der Waals surface area contributed by atoms with E-state index in [1.165, 1.54) is 23.3 Å². The molecule has 5 nitrogen and oxygen atoms in total. The summed E-state index contributed by atoms with van der Waals surface area (Å²) in [4.78, 5) is 27.3. The molecule has 0 bridgehead atoms. The lowest BCUT2D eigenvalue weighted by atomic mass is 9.97. The molecular weight excluding hydrogens is 394 g/mol. The third-order valence-corrected chi connectivity index (χ3v) is 6.13. The van der Waals surface area contributed by atoms with Crippen LogP contribution in [0.25, 0.3) is 17.0 Å².